The second-order valence-corrected chi connectivity index (χ2v) is 6.70. The van der Waals surface area contributed by atoms with E-state index in [2.05, 4.69) is 10.2 Å². The molecule has 0 saturated carbocycles. The molecule has 0 aliphatic carbocycles. The van der Waals surface area contributed by atoms with Gasteiger partial charge in [0, 0.05) is 12.2 Å². The fourth-order valence-electron chi connectivity index (χ4n) is 2.40. The molecule has 0 bridgehead atoms. The number of aryl methyl sites for hydroxylation is 1. The first kappa shape index (κ1) is 16.7. The van der Waals surface area contributed by atoms with Crippen molar-refractivity contribution >= 4 is 22.5 Å². The molecule has 1 aliphatic rings. The zero-order valence-electron chi connectivity index (χ0n) is 13.6. The van der Waals surface area contributed by atoms with Crippen LogP contribution in [0.4, 0.5) is 0 Å². The summed E-state index contributed by atoms with van der Waals surface area (Å²) in [6.45, 7) is 2.76. The molecule has 0 atom stereocenters. The molecule has 1 heterocycles. The van der Waals surface area contributed by atoms with E-state index in [1.54, 1.807) is 11.8 Å². The molecule has 3 rings (SSSR count). The fourth-order valence-corrected chi connectivity index (χ4v) is 3.14. The summed E-state index contributed by atoms with van der Waals surface area (Å²) >= 11 is 1.69. The number of aliphatic hydroxyl groups is 1. The molecule has 1 N–H and O–H groups in total. The van der Waals surface area contributed by atoms with Crippen LogP contribution >= 0.6 is 11.8 Å². The lowest BCUT2D eigenvalue weighted by molar-refractivity contribution is 0.282. The van der Waals surface area contributed by atoms with Crippen molar-refractivity contribution in [2.75, 3.05) is 12.4 Å². The first-order valence-corrected chi connectivity index (χ1v) is 8.89. The van der Waals surface area contributed by atoms with Gasteiger partial charge in [-0.2, -0.15) is 5.10 Å². The van der Waals surface area contributed by atoms with Gasteiger partial charge in [0.2, 0.25) is 0 Å². The normalized spacial score (nSPS) is 13.6. The minimum absolute atomic E-state index is 0.0608. The highest BCUT2D eigenvalue weighted by Crippen LogP contribution is 2.20. The van der Waals surface area contributed by atoms with Crippen LogP contribution in [0, 0.1) is 6.92 Å². The number of hydrogen-bond donors (Lipinski definition) is 1. The SMILES string of the molecule is Cc1ccccc1OCCSC1=NN=C(c2ccc(CO)cc2)C1. The van der Waals surface area contributed by atoms with Crippen LogP contribution in [0.25, 0.3) is 0 Å². The Hall–Kier alpha value is -2.11. The van der Waals surface area contributed by atoms with Crippen LogP contribution in [0.15, 0.2) is 58.7 Å². The van der Waals surface area contributed by atoms with E-state index in [1.165, 1.54) is 0 Å². The van der Waals surface area contributed by atoms with Gasteiger partial charge >= 0.3 is 0 Å². The number of aliphatic hydroxyl groups excluding tert-OH is 1. The predicted molar refractivity (Wildman–Crippen MR) is 100 cm³/mol. The Kier molecular flexibility index (Phi) is 5.67. The maximum Gasteiger partial charge on any atom is 0.122 e. The summed E-state index contributed by atoms with van der Waals surface area (Å²) in [7, 11) is 0. The van der Waals surface area contributed by atoms with Crippen LogP contribution in [0.3, 0.4) is 0 Å². The molecule has 5 heteroatoms. The fraction of sp³-hybridized carbons (Fsp3) is 0.263. The summed E-state index contributed by atoms with van der Waals surface area (Å²) in [5.41, 5.74) is 4.09. The zero-order valence-corrected chi connectivity index (χ0v) is 14.4. The Morgan fingerprint density at radius 3 is 2.62 bits per heavy atom. The summed E-state index contributed by atoms with van der Waals surface area (Å²) in [4.78, 5) is 0. The van der Waals surface area contributed by atoms with E-state index in [9.17, 15) is 0 Å². The first-order chi connectivity index (χ1) is 11.8. The third-order valence-electron chi connectivity index (χ3n) is 3.77. The lowest BCUT2D eigenvalue weighted by Crippen LogP contribution is -2.06. The molecule has 0 fully saturated rings. The number of ether oxygens (including phenoxy) is 1. The number of rotatable bonds is 6. The van der Waals surface area contributed by atoms with Gasteiger partial charge in [-0.05, 0) is 29.7 Å². The minimum atomic E-state index is 0.0608. The van der Waals surface area contributed by atoms with E-state index in [-0.39, 0.29) is 6.61 Å². The summed E-state index contributed by atoms with van der Waals surface area (Å²) in [6.07, 6.45) is 0.757. The highest BCUT2D eigenvalue weighted by atomic mass is 32.2. The summed E-state index contributed by atoms with van der Waals surface area (Å²) < 4.78 is 5.80. The van der Waals surface area contributed by atoms with Crippen molar-refractivity contribution in [3.63, 3.8) is 0 Å². The Balaban J connectivity index is 1.43. The molecule has 0 unspecified atom stereocenters. The lowest BCUT2D eigenvalue weighted by Gasteiger charge is -2.08. The van der Waals surface area contributed by atoms with Crippen molar-refractivity contribution in [2.45, 2.75) is 20.0 Å². The average Bonchev–Trinajstić information content (AvgIpc) is 3.09. The van der Waals surface area contributed by atoms with Gasteiger partial charge in [0.25, 0.3) is 0 Å². The number of para-hydroxylation sites is 1. The molecule has 0 amide bonds. The Labute approximate surface area is 146 Å². The third kappa shape index (κ3) is 4.24. The van der Waals surface area contributed by atoms with Crippen LogP contribution in [0.5, 0.6) is 5.75 Å². The van der Waals surface area contributed by atoms with Crippen LogP contribution in [0.1, 0.15) is 23.1 Å². The van der Waals surface area contributed by atoms with Gasteiger partial charge in [-0.15, -0.1) is 16.9 Å². The van der Waals surface area contributed by atoms with Crippen LogP contribution in [-0.2, 0) is 6.61 Å². The van der Waals surface area contributed by atoms with Crippen molar-refractivity contribution in [1.82, 2.24) is 0 Å². The standard InChI is InChI=1S/C19H20N2O2S/c1-14-4-2-3-5-18(14)23-10-11-24-19-12-17(20-21-19)16-8-6-15(13-22)7-9-16/h2-9,22H,10-13H2,1H3. The molecule has 0 radical (unpaired) electrons. The van der Waals surface area contributed by atoms with Gasteiger partial charge in [-0.25, -0.2) is 0 Å². The number of hydrogen-bond acceptors (Lipinski definition) is 5. The predicted octanol–water partition coefficient (Wildman–Crippen LogP) is 3.81. The third-order valence-corrected chi connectivity index (χ3v) is 4.70. The summed E-state index contributed by atoms with van der Waals surface area (Å²) in [6, 6.07) is 15.8. The van der Waals surface area contributed by atoms with Gasteiger partial charge in [-0.3, -0.25) is 0 Å². The van der Waals surface area contributed by atoms with E-state index in [0.717, 1.165) is 45.4 Å². The summed E-state index contributed by atoms with van der Waals surface area (Å²) in [5.74, 6) is 1.78. The van der Waals surface area contributed by atoms with Gasteiger partial charge in [0.05, 0.1) is 18.9 Å². The van der Waals surface area contributed by atoms with Crippen molar-refractivity contribution in [1.29, 1.82) is 0 Å². The quantitative estimate of drug-likeness (QED) is 0.814. The molecule has 2 aromatic carbocycles. The molecule has 24 heavy (non-hydrogen) atoms. The maximum absolute atomic E-state index is 9.09. The van der Waals surface area contributed by atoms with Gasteiger partial charge in [0.15, 0.2) is 0 Å². The van der Waals surface area contributed by atoms with Gasteiger partial charge < -0.3 is 9.84 Å². The Bertz CT molecular complexity index is 754. The van der Waals surface area contributed by atoms with Crippen molar-refractivity contribution < 1.29 is 9.84 Å². The first-order valence-electron chi connectivity index (χ1n) is 7.91. The van der Waals surface area contributed by atoms with E-state index < -0.39 is 0 Å². The largest absolute Gasteiger partial charge is 0.492 e. The molecule has 1 aliphatic heterocycles. The topological polar surface area (TPSA) is 54.2 Å². The average molecular weight is 340 g/mol. The molecule has 2 aromatic rings. The minimum Gasteiger partial charge on any atom is -0.492 e. The zero-order chi connectivity index (χ0) is 16.8. The Morgan fingerprint density at radius 2 is 1.88 bits per heavy atom. The van der Waals surface area contributed by atoms with Crippen molar-refractivity contribution in [3.8, 4) is 5.75 Å². The van der Waals surface area contributed by atoms with E-state index in [0.29, 0.717) is 6.61 Å². The molecular weight excluding hydrogens is 320 g/mol. The molecule has 4 nitrogen and oxygen atoms in total. The van der Waals surface area contributed by atoms with Crippen LogP contribution < -0.4 is 4.74 Å². The number of nitrogens with zero attached hydrogens (tertiary/aromatic N) is 2. The van der Waals surface area contributed by atoms with Crippen molar-refractivity contribution in [3.05, 3.63) is 65.2 Å². The second-order valence-electron chi connectivity index (χ2n) is 5.53. The molecule has 0 spiro atoms. The van der Waals surface area contributed by atoms with E-state index in [1.807, 2.05) is 55.5 Å². The molecule has 0 aromatic heterocycles. The Morgan fingerprint density at radius 1 is 1.08 bits per heavy atom. The highest BCUT2D eigenvalue weighted by Gasteiger charge is 2.14. The van der Waals surface area contributed by atoms with Gasteiger partial charge in [-0.1, -0.05) is 42.5 Å². The monoisotopic (exact) mass is 340 g/mol. The summed E-state index contributed by atoms with van der Waals surface area (Å²) in [5, 5.41) is 18.6. The lowest BCUT2D eigenvalue weighted by atomic mass is 10.1. The highest BCUT2D eigenvalue weighted by molar-refractivity contribution is 8.14. The second kappa shape index (κ2) is 8.13. The number of benzene rings is 2. The smallest absolute Gasteiger partial charge is 0.122 e. The van der Waals surface area contributed by atoms with Crippen LogP contribution in [0.2, 0.25) is 0 Å². The molecular formula is C19H20N2O2S. The maximum atomic E-state index is 9.09. The molecule has 0 saturated heterocycles. The van der Waals surface area contributed by atoms with Crippen molar-refractivity contribution in [2.24, 2.45) is 10.2 Å². The van der Waals surface area contributed by atoms with Crippen LogP contribution in [-0.4, -0.2) is 28.2 Å². The number of thioether (sulfide) groups is 1. The van der Waals surface area contributed by atoms with E-state index in [4.69, 9.17) is 9.84 Å². The van der Waals surface area contributed by atoms with Gasteiger partial charge in [0.1, 0.15) is 10.8 Å². The van der Waals surface area contributed by atoms with E-state index >= 15 is 0 Å². The molecule has 124 valence electrons.